The number of piperidine rings is 1. The molecular formula is C24H26F2N4O6S. The van der Waals surface area contributed by atoms with Gasteiger partial charge in [-0.2, -0.15) is 13.8 Å². The Bertz CT molecular complexity index is 1270. The maximum atomic E-state index is 14.4. The second-order valence-electron chi connectivity index (χ2n) is 8.79. The number of halogens is 2. The van der Waals surface area contributed by atoms with Crippen LogP contribution in [0.15, 0.2) is 28.1 Å². The van der Waals surface area contributed by atoms with E-state index in [4.69, 9.17) is 13.9 Å². The van der Waals surface area contributed by atoms with Crippen LogP contribution in [0.5, 0.6) is 5.75 Å². The number of benzene rings is 1. The van der Waals surface area contributed by atoms with Crippen LogP contribution in [-0.4, -0.2) is 71.4 Å². The predicted molar refractivity (Wildman–Crippen MR) is 130 cm³/mol. The van der Waals surface area contributed by atoms with Gasteiger partial charge in [-0.1, -0.05) is 13.3 Å². The number of piperazine rings is 1. The molecule has 0 radical (unpaired) electrons. The van der Waals surface area contributed by atoms with Crippen LogP contribution in [0, 0.1) is 0 Å². The van der Waals surface area contributed by atoms with Gasteiger partial charge in [-0.3, -0.25) is 4.90 Å². The topological polar surface area (TPSA) is 107 Å². The molecule has 3 aliphatic rings. The first kappa shape index (κ1) is 25.2. The molecule has 13 heteroatoms. The van der Waals surface area contributed by atoms with Gasteiger partial charge in [0, 0.05) is 24.7 Å². The van der Waals surface area contributed by atoms with Crippen molar-refractivity contribution in [1.82, 2.24) is 14.9 Å². The van der Waals surface area contributed by atoms with Crippen LogP contribution in [0.1, 0.15) is 33.1 Å². The van der Waals surface area contributed by atoms with Gasteiger partial charge < -0.3 is 23.5 Å². The molecule has 2 unspecified atom stereocenters. The van der Waals surface area contributed by atoms with E-state index >= 15 is 0 Å². The number of unbranched alkanes of at least 4 members (excludes halogenated alkanes) is 1. The Balaban J connectivity index is 1.42. The SMILES string of the molecule is CCCCOC(=O)N1C2CC1CN(c1nc3c(OC(F)(F)C(=O)OCC)ccc(-c4nccs4)c3o1)C2. The standard InChI is InChI=1S/C24H26F2N4O6S/c1-3-5-9-34-23(32)30-14-11-15(30)13-29(12-14)22-28-18-17(36-24(25,26)21(31)33-4-2)7-6-16(19(18)35-22)20-27-8-10-37-20/h6-8,10,14-15H,3-5,9,11-13H2,1-2H3. The number of ether oxygens (including phenoxy) is 3. The van der Waals surface area contributed by atoms with E-state index in [1.165, 1.54) is 30.4 Å². The number of fused-ring (bicyclic) bond motifs is 3. The molecule has 37 heavy (non-hydrogen) atoms. The lowest BCUT2D eigenvalue weighted by Gasteiger charge is -2.54. The molecule has 3 aromatic rings. The summed E-state index contributed by atoms with van der Waals surface area (Å²) < 4.78 is 49.5. The molecule has 3 aliphatic heterocycles. The maximum Gasteiger partial charge on any atom is 0.502 e. The van der Waals surface area contributed by atoms with Crippen molar-refractivity contribution in [3.05, 3.63) is 23.7 Å². The molecule has 3 fully saturated rings. The highest BCUT2D eigenvalue weighted by Crippen LogP contribution is 2.41. The third kappa shape index (κ3) is 4.79. The Labute approximate surface area is 215 Å². The van der Waals surface area contributed by atoms with Gasteiger partial charge in [0.05, 0.1) is 30.9 Å². The second-order valence-corrected chi connectivity index (χ2v) is 9.68. The summed E-state index contributed by atoms with van der Waals surface area (Å²) in [5.41, 5.74) is 0.790. The summed E-state index contributed by atoms with van der Waals surface area (Å²) >= 11 is 1.35. The third-order valence-corrected chi connectivity index (χ3v) is 7.11. The smallest absolute Gasteiger partial charge is 0.459 e. The lowest BCUT2D eigenvalue weighted by atomic mass is 9.88. The molecular weight excluding hydrogens is 510 g/mol. The fourth-order valence-electron chi connectivity index (χ4n) is 4.55. The highest BCUT2D eigenvalue weighted by molar-refractivity contribution is 7.13. The van der Waals surface area contributed by atoms with Gasteiger partial charge in [0.2, 0.25) is 0 Å². The van der Waals surface area contributed by atoms with Crippen molar-refractivity contribution in [2.45, 2.75) is 51.3 Å². The average molecular weight is 537 g/mol. The Hall–Kier alpha value is -3.48. The molecule has 0 aliphatic carbocycles. The predicted octanol–water partition coefficient (Wildman–Crippen LogP) is 4.69. The number of nitrogens with zero attached hydrogens (tertiary/aromatic N) is 4. The number of thiazole rings is 1. The number of hydrogen-bond acceptors (Lipinski definition) is 10. The fourth-order valence-corrected chi connectivity index (χ4v) is 5.21. The molecule has 10 nitrogen and oxygen atoms in total. The molecule has 5 heterocycles. The minimum atomic E-state index is -4.21. The van der Waals surface area contributed by atoms with Crippen LogP contribution in [-0.2, 0) is 14.3 Å². The first-order valence-corrected chi connectivity index (χ1v) is 13.0. The molecule has 6 rings (SSSR count). The number of hydrogen-bond donors (Lipinski definition) is 0. The highest BCUT2D eigenvalue weighted by atomic mass is 32.1. The second kappa shape index (κ2) is 10.1. The highest BCUT2D eigenvalue weighted by Gasteiger charge is 2.49. The molecule has 3 saturated heterocycles. The number of amides is 1. The zero-order chi connectivity index (χ0) is 26.2. The summed E-state index contributed by atoms with van der Waals surface area (Å²) in [5.74, 6) is -2.12. The number of oxazole rings is 1. The zero-order valence-corrected chi connectivity index (χ0v) is 21.1. The number of carbonyl (C=O) groups is 2. The molecule has 2 bridgehead atoms. The number of alkyl halides is 2. The summed E-state index contributed by atoms with van der Waals surface area (Å²) in [7, 11) is 0. The zero-order valence-electron chi connectivity index (χ0n) is 20.3. The first-order chi connectivity index (χ1) is 17.8. The normalized spacial score (nSPS) is 19.0. The number of anilines is 1. The molecule has 2 atom stereocenters. The van der Waals surface area contributed by atoms with E-state index in [0.29, 0.717) is 30.3 Å². The number of aromatic nitrogens is 2. The first-order valence-electron chi connectivity index (χ1n) is 12.1. The Morgan fingerprint density at radius 2 is 2.00 bits per heavy atom. The Kier molecular flexibility index (Phi) is 6.88. The van der Waals surface area contributed by atoms with Crippen molar-refractivity contribution in [2.24, 2.45) is 0 Å². The number of carbonyl (C=O) groups excluding carboxylic acids is 2. The molecule has 0 N–H and O–H groups in total. The van der Waals surface area contributed by atoms with Crippen LogP contribution < -0.4 is 9.64 Å². The summed E-state index contributed by atoms with van der Waals surface area (Å²) in [6.45, 7) is 4.53. The summed E-state index contributed by atoms with van der Waals surface area (Å²) in [5, 5.41) is 2.39. The molecule has 0 spiro atoms. The number of esters is 1. The van der Waals surface area contributed by atoms with Gasteiger partial charge in [0.1, 0.15) is 5.01 Å². The van der Waals surface area contributed by atoms with E-state index in [9.17, 15) is 18.4 Å². The molecule has 0 saturated carbocycles. The van der Waals surface area contributed by atoms with Crippen LogP contribution in [0.2, 0.25) is 0 Å². The minimum Gasteiger partial charge on any atom is -0.459 e. The Morgan fingerprint density at radius 3 is 2.68 bits per heavy atom. The number of rotatable bonds is 9. The van der Waals surface area contributed by atoms with Crippen molar-refractivity contribution >= 4 is 40.5 Å². The summed E-state index contributed by atoms with van der Waals surface area (Å²) in [4.78, 5) is 36.6. The van der Waals surface area contributed by atoms with Crippen molar-refractivity contribution in [3.8, 4) is 16.3 Å². The maximum absolute atomic E-state index is 14.4. The molecule has 2 aromatic heterocycles. The van der Waals surface area contributed by atoms with E-state index in [-0.39, 0.29) is 47.6 Å². The lowest BCUT2D eigenvalue weighted by Crippen LogP contribution is -2.70. The van der Waals surface area contributed by atoms with Crippen molar-refractivity contribution in [2.75, 3.05) is 31.2 Å². The van der Waals surface area contributed by atoms with Crippen LogP contribution >= 0.6 is 11.3 Å². The van der Waals surface area contributed by atoms with Crippen LogP contribution in [0.4, 0.5) is 19.6 Å². The van der Waals surface area contributed by atoms with Crippen LogP contribution in [0.25, 0.3) is 21.7 Å². The van der Waals surface area contributed by atoms with E-state index < -0.39 is 12.1 Å². The lowest BCUT2D eigenvalue weighted by molar-refractivity contribution is -0.216. The molecule has 1 amide bonds. The largest absolute Gasteiger partial charge is 0.502 e. The van der Waals surface area contributed by atoms with Gasteiger partial charge in [-0.15, -0.1) is 11.3 Å². The monoisotopic (exact) mass is 536 g/mol. The minimum absolute atomic E-state index is 0.0294. The summed E-state index contributed by atoms with van der Waals surface area (Å²) in [6, 6.07) is 2.92. The van der Waals surface area contributed by atoms with Gasteiger partial charge >= 0.3 is 18.2 Å². The Morgan fingerprint density at radius 1 is 1.22 bits per heavy atom. The third-order valence-electron chi connectivity index (χ3n) is 6.31. The van der Waals surface area contributed by atoms with Crippen molar-refractivity contribution in [3.63, 3.8) is 0 Å². The van der Waals surface area contributed by atoms with Gasteiger partial charge in [0.15, 0.2) is 16.8 Å². The van der Waals surface area contributed by atoms with Gasteiger partial charge in [-0.25, -0.2) is 14.6 Å². The summed E-state index contributed by atoms with van der Waals surface area (Å²) in [6.07, 6.45) is -0.332. The quantitative estimate of drug-likeness (QED) is 0.284. The van der Waals surface area contributed by atoms with E-state index in [0.717, 1.165) is 19.3 Å². The van der Waals surface area contributed by atoms with Crippen molar-refractivity contribution < 1.29 is 37.0 Å². The van der Waals surface area contributed by atoms with Crippen LogP contribution in [0.3, 0.4) is 0 Å². The van der Waals surface area contributed by atoms with Gasteiger partial charge in [0.25, 0.3) is 6.01 Å². The van der Waals surface area contributed by atoms with E-state index in [2.05, 4.69) is 14.7 Å². The fraction of sp³-hybridized carbons (Fsp3) is 0.500. The molecule has 198 valence electrons. The van der Waals surface area contributed by atoms with Crippen molar-refractivity contribution in [1.29, 1.82) is 0 Å². The molecule has 1 aromatic carbocycles. The van der Waals surface area contributed by atoms with Gasteiger partial charge in [-0.05, 0) is 31.9 Å². The van der Waals surface area contributed by atoms with E-state index in [1.807, 2.05) is 11.8 Å². The van der Waals surface area contributed by atoms with E-state index in [1.54, 1.807) is 16.5 Å². The average Bonchev–Trinajstić information content (AvgIpc) is 3.55.